The molecule has 1 aliphatic heterocycles. The summed E-state index contributed by atoms with van der Waals surface area (Å²) in [6, 6.07) is 5.28. The number of pyridine rings is 1. The van der Waals surface area contributed by atoms with Crippen molar-refractivity contribution in [3.05, 3.63) is 59.3 Å². The summed E-state index contributed by atoms with van der Waals surface area (Å²) in [5.41, 5.74) is 2.06. The van der Waals surface area contributed by atoms with Crippen molar-refractivity contribution < 1.29 is 23.2 Å². The maximum Gasteiger partial charge on any atom is 0.410 e. The monoisotopic (exact) mass is 580 g/mol. The molecule has 0 aliphatic carbocycles. The molecule has 1 fully saturated rings. The van der Waals surface area contributed by atoms with Gasteiger partial charge in [-0.3, -0.25) is 9.78 Å². The van der Waals surface area contributed by atoms with Gasteiger partial charge in [-0.2, -0.15) is 4.98 Å². The second kappa shape index (κ2) is 12.1. The van der Waals surface area contributed by atoms with E-state index in [9.17, 15) is 9.59 Å². The molecule has 0 radical (unpaired) electrons. The number of anilines is 1. The van der Waals surface area contributed by atoms with Crippen LogP contribution in [0, 0.1) is 12.7 Å². The molecule has 1 aliphatic rings. The molecule has 0 spiro atoms. The maximum absolute atomic E-state index is 15.9. The minimum absolute atomic E-state index is 0.0575. The van der Waals surface area contributed by atoms with E-state index >= 15 is 4.39 Å². The first-order valence-corrected chi connectivity index (χ1v) is 14.2. The summed E-state index contributed by atoms with van der Waals surface area (Å²) in [6.07, 6.45) is 4.73. The van der Waals surface area contributed by atoms with Crippen LogP contribution in [0.4, 0.5) is 14.9 Å². The number of carbonyl (C=O) groups is 2. The Labute approximate surface area is 246 Å². The Balaban J connectivity index is 1.51. The summed E-state index contributed by atoms with van der Waals surface area (Å²) < 4.78 is 26.7. The molecule has 0 bridgehead atoms. The molecule has 226 valence electrons. The van der Waals surface area contributed by atoms with Gasteiger partial charge in [0.25, 0.3) is 11.7 Å². The second-order valence-electron chi connectivity index (χ2n) is 12.8. The van der Waals surface area contributed by atoms with Crippen LogP contribution in [-0.4, -0.2) is 63.8 Å². The van der Waals surface area contributed by atoms with E-state index in [1.807, 2.05) is 47.6 Å². The van der Waals surface area contributed by atoms with Crippen molar-refractivity contribution in [1.29, 1.82) is 0 Å². The van der Waals surface area contributed by atoms with Gasteiger partial charge in [-0.1, -0.05) is 38.1 Å². The molecule has 42 heavy (non-hydrogen) atoms. The van der Waals surface area contributed by atoms with Crippen LogP contribution in [0.1, 0.15) is 82.0 Å². The number of nitrogens with one attached hydrogen (secondary N) is 1. The van der Waals surface area contributed by atoms with Gasteiger partial charge in [0, 0.05) is 49.4 Å². The van der Waals surface area contributed by atoms with Crippen LogP contribution in [0.3, 0.4) is 0 Å². The van der Waals surface area contributed by atoms with Crippen LogP contribution in [0.15, 0.2) is 35.1 Å². The Kier molecular flexibility index (Phi) is 8.89. The first-order valence-electron chi connectivity index (χ1n) is 14.2. The van der Waals surface area contributed by atoms with Crippen LogP contribution in [0.2, 0.25) is 0 Å². The lowest BCUT2D eigenvalue weighted by atomic mass is 9.96. The number of ether oxygens (including phenoxy) is 1. The highest BCUT2D eigenvalue weighted by molar-refractivity contribution is 5.90. The van der Waals surface area contributed by atoms with E-state index in [0.717, 1.165) is 25.1 Å². The van der Waals surface area contributed by atoms with E-state index in [-0.39, 0.29) is 35.7 Å². The van der Waals surface area contributed by atoms with Crippen LogP contribution in [0.5, 0.6) is 0 Å². The molecule has 2 aromatic heterocycles. The highest BCUT2D eigenvalue weighted by Gasteiger charge is 2.31. The van der Waals surface area contributed by atoms with Crippen LogP contribution in [0.25, 0.3) is 11.1 Å². The van der Waals surface area contributed by atoms with Gasteiger partial charge >= 0.3 is 6.09 Å². The number of hydrogen-bond donors (Lipinski definition) is 1. The minimum atomic E-state index is -0.580. The number of carbonyl (C=O) groups excluding carboxylic acids is 2. The molecule has 10 nitrogen and oxygen atoms in total. The van der Waals surface area contributed by atoms with Crippen molar-refractivity contribution in [2.75, 3.05) is 25.0 Å². The zero-order chi connectivity index (χ0) is 30.8. The lowest BCUT2D eigenvalue weighted by Gasteiger charge is -2.39. The number of piperidine rings is 1. The van der Waals surface area contributed by atoms with Crippen LogP contribution < -0.4 is 10.2 Å². The zero-order valence-electron chi connectivity index (χ0n) is 25.7. The SMILES string of the molecule is Cc1c(CNC(=O)c2noc(C(C)(C)C)n2)ccc(-c2ccncc2N2CCC[C@@H](N(C)C(=O)OC(C)(C)C)C2)c1F. The number of benzene rings is 1. The Morgan fingerprint density at radius 2 is 1.90 bits per heavy atom. The number of likely N-dealkylation sites (N-methyl/N-ethyl adjacent to an activating group) is 1. The fraction of sp³-hybridized carbons (Fsp3) is 0.516. The van der Waals surface area contributed by atoms with E-state index in [2.05, 4.69) is 25.3 Å². The van der Waals surface area contributed by atoms with Crippen molar-refractivity contribution in [2.24, 2.45) is 0 Å². The number of rotatable bonds is 6. The van der Waals surface area contributed by atoms with Crippen molar-refractivity contribution >= 4 is 17.7 Å². The number of amides is 2. The van der Waals surface area contributed by atoms with Crippen molar-refractivity contribution in [3.63, 3.8) is 0 Å². The first kappa shape index (κ1) is 30.9. The van der Waals surface area contributed by atoms with Crippen LogP contribution in [-0.2, 0) is 16.7 Å². The summed E-state index contributed by atoms with van der Waals surface area (Å²) in [5.74, 6) is -0.564. The Bertz CT molecular complexity index is 1440. The van der Waals surface area contributed by atoms with Gasteiger partial charge in [-0.15, -0.1) is 0 Å². The molecule has 0 unspecified atom stereocenters. The smallest absolute Gasteiger partial charge is 0.410 e. The minimum Gasteiger partial charge on any atom is -0.444 e. The summed E-state index contributed by atoms with van der Waals surface area (Å²) in [7, 11) is 1.76. The average Bonchev–Trinajstić information content (AvgIpc) is 3.44. The second-order valence-corrected chi connectivity index (χ2v) is 12.8. The summed E-state index contributed by atoms with van der Waals surface area (Å²) >= 11 is 0. The summed E-state index contributed by atoms with van der Waals surface area (Å²) in [4.78, 5) is 37.6. The lowest BCUT2D eigenvalue weighted by molar-refractivity contribution is 0.0209. The Hall–Kier alpha value is -4.02. The molecule has 3 aromatic rings. The zero-order valence-corrected chi connectivity index (χ0v) is 25.7. The Morgan fingerprint density at radius 1 is 1.17 bits per heavy atom. The molecule has 3 heterocycles. The number of hydrogen-bond acceptors (Lipinski definition) is 8. The van der Waals surface area contributed by atoms with E-state index in [1.54, 1.807) is 43.4 Å². The van der Waals surface area contributed by atoms with E-state index in [0.29, 0.717) is 34.7 Å². The fourth-order valence-electron chi connectivity index (χ4n) is 4.84. The molecule has 0 saturated carbocycles. The molecule has 1 aromatic carbocycles. The number of aromatic nitrogens is 3. The van der Waals surface area contributed by atoms with Gasteiger partial charge < -0.3 is 24.4 Å². The summed E-state index contributed by atoms with van der Waals surface area (Å²) in [5, 5.41) is 6.53. The summed E-state index contributed by atoms with van der Waals surface area (Å²) in [6.45, 7) is 14.4. The van der Waals surface area contributed by atoms with Gasteiger partial charge in [0.1, 0.15) is 11.4 Å². The highest BCUT2D eigenvalue weighted by atomic mass is 19.1. The number of halogens is 1. The standard InChI is InChI=1S/C31H41FN6O4/c1-19-20(16-34-27(39)26-35-28(42-36-26)30(2,3)4)11-12-23(25(19)32)22-13-14-33-17-24(22)38-15-9-10-21(18-38)37(8)29(40)41-31(5,6)7/h11-14,17,21H,9-10,15-16,18H2,1-8H3,(H,34,39)/t21-/m1/s1. The Morgan fingerprint density at radius 3 is 2.57 bits per heavy atom. The van der Waals surface area contributed by atoms with E-state index in [1.165, 1.54) is 0 Å². The van der Waals surface area contributed by atoms with E-state index < -0.39 is 11.5 Å². The maximum atomic E-state index is 15.9. The van der Waals surface area contributed by atoms with Gasteiger partial charge in [0.05, 0.1) is 17.9 Å². The molecule has 1 atom stereocenters. The van der Waals surface area contributed by atoms with Gasteiger partial charge in [-0.05, 0) is 57.7 Å². The average molecular weight is 581 g/mol. The lowest BCUT2D eigenvalue weighted by Crippen LogP contribution is -2.50. The van der Waals surface area contributed by atoms with Crippen molar-refractivity contribution in [1.82, 2.24) is 25.3 Å². The third kappa shape index (κ3) is 7.06. The van der Waals surface area contributed by atoms with Crippen molar-refractivity contribution in [3.8, 4) is 11.1 Å². The largest absolute Gasteiger partial charge is 0.444 e. The number of nitrogens with zero attached hydrogens (tertiary/aromatic N) is 5. The molecule has 1 N–H and O–H groups in total. The molecule has 2 amide bonds. The molecule has 4 rings (SSSR count). The third-order valence-electron chi connectivity index (χ3n) is 7.27. The van der Waals surface area contributed by atoms with E-state index in [4.69, 9.17) is 9.26 Å². The topological polar surface area (TPSA) is 114 Å². The normalized spacial score (nSPS) is 15.8. The molecular weight excluding hydrogens is 539 g/mol. The predicted octanol–water partition coefficient (Wildman–Crippen LogP) is 5.64. The first-order chi connectivity index (χ1) is 19.7. The predicted molar refractivity (Wildman–Crippen MR) is 158 cm³/mol. The van der Waals surface area contributed by atoms with Gasteiger partial charge in [0.15, 0.2) is 0 Å². The molecule has 11 heteroatoms. The molecular formula is C31H41FN6O4. The van der Waals surface area contributed by atoms with Crippen LogP contribution >= 0.6 is 0 Å². The fourth-order valence-corrected chi connectivity index (χ4v) is 4.84. The molecule has 1 saturated heterocycles. The van der Waals surface area contributed by atoms with Crippen molar-refractivity contribution in [2.45, 2.75) is 84.9 Å². The van der Waals surface area contributed by atoms with Gasteiger partial charge in [0.2, 0.25) is 5.89 Å². The van der Waals surface area contributed by atoms with Gasteiger partial charge in [-0.25, -0.2) is 9.18 Å². The quantitative estimate of drug-likeness (QED) is 0.398. The third-order valence-corrected chi connectivity index (χ3v) is 7.27. The highest BCUT2D eigenvalue weighted by Crippen LogP contribution is 2.35.